The highest BCUT2D eigenvalue weighted by atomic mass is 16.3. The van der Waals surface area contributed by atoms with Gasteiger partial charge >= 0.3 is 0 Å². The second-order valence-electron chi connectivity index (χ2n) is 6.45. The van der Waals surface area contributed by atoms with Gasteiger partial charge in [0.15, 0.2) is 0 Å². The van der Waals surface area contributed by atoms with Crippen molar-refractivity contribution in [3.8, 4) is 0 Å². The summed E-state index contributed by atoms with van der Waals surface area (Å²) in [7, 11) is 0. The van der Waals surface area contributed by atoms with Crippen molar-refractivity contribution in [2.75, 3.05) is 19.7 Å². The smallest absolute Gasteiger partial charge is 0.220 e. The summed E-state index contributed by atoms with van der Waals surface area (Å²) in [5.74, 6) is 0.129. The Morgan fingerprint density at radius 2 is 2.06 bits per heavy atom. The molecule has 0 spiro atoms. The van der Waals surface area contributed by atoms with Crippen LogP contribution in [0.5, 0.6) is 0 Å². The van der Waals surface area contributed by atoms with E-state index in [1.165, 1.54) is 0 Å². The molecule has 1 aliphatic rings. The van der Waals surface area contributed by atoms with E-state index in [2.05, 4.69) is 19.2 Å². The molecule has 4 N–H and O–H groups in total. The molecular weight excluding hydrogens is 228 g/mol. The number of nitrogens with two attached hydrogens (primary N) is 1. The number of rotatable bonds is 9. The van der Waals surface area contributed by atoms with Gasteiger partial charge in [-0.3, -0.25) is 4.79 Å². The third-order valence-electron chi connectivity index (χ3n) is 4.11. The van der Waals surface area contributed by atoms with Gasteiger partial charge in [0.2, 0.25) is 5.91 Å². The van der Waals surface area contributed by atoms with E-state index in [0.717, 1.165) is 38.6 Å². The van der Waals surface area contributed by atoms with Crippen molar-refractivity contribution < 1.29 is 9.90 Å². The highest BCUT2D eigenvalue weighted by Gasteiger charge is 2.41. The van der Waals surface area contributed by atoms with E-state index < -0.39 is 0 Å². The van der Waals surface area contributed by atoms with Gasteiger partial charge in [-0.1, -0.05) is 13.8 Å². The van der Waals surface area contributed by atoms with E-state index in [4.69, 9.17) is 10.8 Å². The second-order valence-corrected chi connectivity index (χ2v) is 6.45. The summed E-state index contributed by atoms with van der Waals surface area (Å²) in [5, 5.41) is 12.0. The summed E-state index contributed by atoms with van der Waals surface area (Å²) in [4.78, 5) is 11.8. The standard InChI is InChI=1S/C14H28N2O2/c1-13(2,7-9-15)4-3-12(18)16-11-14(5-6-14)8-10-17/h17H,3-11,15H2,1-2H3,(H,16,18). The molecule has 18 heavy (non-hydrogen) atoms. The zero-order valence-electron chi connectivity index (χ0n) is 11.8. The fraction of sp³-hybridized carbons (Fsp3) is 0.929. The fourth-order valence-electron chi connectivity index (χ4n) is 2.27. The predicted molar refractivity (Wildman–Crippen MR) is 73.1 cm³/mol. The molecule has 4 heteroatoms. The van der Waals surface area contributed by atoms with Crippen molar-refractivity contribution >= 4 is 5.91 Å². The van der Waals surface area contributed by atoms with Crippen molar-refractivity contribution in [3.05, 3.63) is 0 Å². The first kappa shape index (κ1) is 15.4. The predicted octanol–water partition coefficient (Wildman–Crippen LogP) is 1.42. The molecule has 1 rings (SSSR count). The minimum absolute atomic E-state index is 0.129. The minimum Gasteiger partial charge on any atom is -0.396 e. The maximum Gasteiger partial charge on any atom is 0.220 e. The van der Waals surface area contributed by atoms with Crippen LogP contribution < -0.4 is 11.1 Å². The van der Waals surface area contributed by atoms with Gasteiger partial charge in [0.1, 0.15) is 0 Å². The molecule has 0 saturated heterocycles. The number of amides is 1. The Bertz CT molecular complexity index is 259. The van der Waals surface area contributed by atoms with E-state index in [-0.39, 0.29) is 23.3 Å². The molecule has 1 fully saturated rings. The Kier molecular flexibility index (Phi) is 5.60. The number of nitrogens with one attached hydrogen (secondary N) is 1. The Morgan fingerprint density at radius 3 is 2.56 bits per heavy atom. The Hall–Kier alpha value is -0.610. The van der Waals surface area contributed by atoms with Crippen molar-refractivity contribution in [2.45, 2.75) is 52.4 Å². The average Bonchev–Trinajstić information content (AvgIpc) is 3.05. The molecule has 0 radical (unpaired) electrons. The molecule has 0 aromatic heterocycles. The second kappa shape index (κ2) is 6.53. The number of hydrogen-bond donors (Lipinski definition) is 3. The first-order valence-corrected chi connectivity index (χ1v) is 7.01. The Morgan fingerprint density at radius 1 is 1.39 bits per heavy atom. The number of carbonyl (C=O) groups excluding carboxylic acids is 1. The molecule has 0 heterocycles. The van der Waals surface area contributed by atoms with E-state index >= 15 is 0 Å². The largest absolute Gasteiger partial charge is 0.396 e. The molecule has 0 atom stereocenters. The van der Waals surface area contributed by atoms with Gasteiger partial charge in [-0.05, 0) is 49.5 Å². The van der Waals surface area contributed by atoms with Crippen LogP contribution in [0.2, 0.25) is 0 Å². The normalized spacial score (nSPS) is 17.6. The van der Waals surface area contributed by atoms with Crippen LogP contribution in [0.1, 0.15) is 52.4 Å². The van der Waals surface area contributed by atoms with Crippen LogP contribution in [0.15, 0.2) is 0 Å². The van der Waals surface area contributed by atoms with Gasteiger partial charge in [-0.25, -0.2) is 0 Å². The first-order chi connectivity index (χ1) is 8.43. The molecular formula is C14H28N2O2. The van der Waals surface area contributed by atoms with Crippen LogP contribution in [0.25, 0.3) is 0 Å². The van der Waals surface area contributed by atoms with E-state index in [1.807, 2.05) is 0 Å². The lowest BCUT2D eigenvalue weighted by Gasteiger charge is -2.23. The van der Waals surface area contributed by atoms with E-state index in [1.54, 1.807) is 0 Å². The third-order valence-corrected chi connectivity index (χ3v) is 4.11. The molecule has 0 aromatic rings. The van der Waals surface area contributed by atoms with E-state index in [9.17, 15) is 4.79 Å². The fourth-order valence-corrected chi connectivity index (χ4v) is 2.27. The summed E-state index contributed by atoms with van der Waals surface area (Å²) in [6.07, 6.45) is 5.48. The quantitative estimate of drug-likeness (QED) is 0.584. The lowest BCUT2D eigenvalue weighted by atomic mass is 9.84. The molecule has 106 valence electrons. The molecule has 1 amide bonds. The van der Waals surface area contributed by atoms with Crippen molar-refractivity contribution in [2.24, 2.45) is 16.6 Å². The summed E-state index contributed by atoms with van der Waals surface area (Å²) in [6, 6.07) is 0. The van der Waals surface area contributed by atoms with Crippen molar-refractivity contribution in [1.29, 1.82) is 0 Å². The number of aliphatic hydroxyl groups is 1. The SMILES string of the molecule is CC(C)(CCN)CCC(=O)NCC1(CCO)CC1. The van der Waals surface area contributed by atoms with Crippen LogP contribution in [-0.4, -0.2) is 30.7 Å². The molecule has 0 aromatic carbocycles. The molecule has 1 aliphatic carbocycles. The van der Waals surface area contributed by atoms with Crippen LogP contribution in [-0.2, 0) is 4.79 Å². The van der Waals surface area contributed by atoms with Gasteiger partial charge in [0.05, 0.1) is 0 Å². The summed E-state index contributed by atoms with van der Waals surface area (Å²) in [5.41, 5.74) is 5.91. The zero-order valence-corrected chi connectivity index (χ0v) is 11.8. The van der Waals surface area contributed by atoms with Gasteiger partial charge in [0, 0.05) is 19.6 Å². The first-order valence-electron chi connectivity index (χ1n) is 7.01. The van der Waals surface area contributed by atoms with Crippen molar-refractivity contribution in [1.82, 2.24) is 5.32 Å². The van der Waals surface area contributed by atoms with Gasteiger partial charge in [-0.2, -0.15) is 0 Å². The third kappa shape index (κ3) is 5.36. The number of aliphatic hydroxyl groups excluding tert-OH is 1. The lowest BCUT2D eigenvalue weighted by molar-refractivity contribution is -0.122. The summed E-state index contributed by atoms with van der Waals surface area (Å²) < 4.78 is 0. The van der Waals surface area contributed by atoms with Crippen LogP contribution in [0.3, 0.4) is 0 Å². The van der Waals surface area contributed by atoms with Gasteiger partial charge in [0.25, 0.3) is 0 Å². The number of hydrogen-bond acceptors (Lipinski definition) is 3. The molecule has 0 unspecified atom stereocenters. The Labute approximate surface area is 110 Å². The zero-order chi connectivity index (χ0) is 13.6. The highest BCUT2D eigenvalue weighted by molar-refractivity contribution is 5.76. The van der Waals surface area contributed by atoms with Gasteiger partial charge < -0.3 is 16.2 Å². The van der Waals surface area contributed by atoms with Crippen molar-refractivity contribution in [3.63, 3.8) is 0 Å². The maximum atomic E-state index is 11.8. The summed E-state index contributed by atoms with van der Waals surface area (Å²) >= 11 is 0. The molecule has 0 bridgehead atoms. The molecule has 0 aliphatic heterocycles. The Balaban J connectivity index is 2.18. The molecule has 1 saturated carbocycles. The lowest BCUT2D eigenvalue weighted by Crippen LogP contribution is -2.31. The number of carbonyl (C=O) groups is 1. The minimum atomic E-state index is 0.129. The highest BCUT2D eigenvalue weighted by Crippen LogP contribution is 2.47. The average molecular weight is 256 g/mol. The van der Waals surface area contributed by atoms with E-state index in [0.29, 0.717) is 13.0 Å². The monoisotopic (exact) mass is 256 g/mol. The maximum absolute atomic E-state index is 11.8. The van der Waals surface area contributed by atoms with Crippen LogP contribution in [0.4, 0.5) is 0 Å². The van der Waals surface area contributed by atoms with Crippen LogP contribution >= 0.6 is 0 Å². The molecule has 4 nitrogen and oxygen atoms in total. The summed E-state index contributed by atoms with van der Waals surface area (Å²) in [6.45, 7) is 5.93. The van der Waals surface area contributed by atoms with Crippen LogP contribution in [0, 0.1) is 10.8 Å². The van der Waals surface area contributed by atoms with Gasteiger partial charge in [-0.15, -0.1) is 0 Å². The topological polar surface area (TPSA) is 75.4 Å².